The number of ether oxygens (including phenoxy) is 1. The normalized spacial score (nSPS) is 12.3. The van der Waals surface area contributed by atoms with Gasteiger partial charge in [0.1, 0.15) is 18.2 Å². The Morgan fingerprint density at radius 1 is 1.50 bits per heavy atom. The van der Waals surface area contributed by atoms with Crippen LogP contribution in [0.1, 0.15) is 27.2 Å². The molecule has 0 radical (unpaired) electrons. The highest BCUT2D eigenvalue weighted by atomic mass is 16.5. The number of carbonyl (C=O) groups excluding carboxylic acids is 1. The summed E-state index contributed by atoms with van der Waals surface area (Å²) in [7, 11) is 0. The number of nitrogens with one attached hydrogen (secondary N) is 1. The number of hydrogen-bond acceptors (Lipinski definition) is 4. The molecule has 100 valence electrons. The fourth-order valence-electron chi connectivity index (χ4n) is 1.12. The maximum absolute atomic E-state index is 11.4. The smallest absolute Gasteiger partial charge is 0.228 e. The topological polar surface area (TPSA) is 71.5 Å². The molecule has 1 aromatic heterocycles. The van der Waals surface area contributed by atoms with E-state index in [9.17, 15) is 9.90 Å². The molecule has 0 bridgehead atoms. The Balaban J connectivity index is 2.50. The molecule has 0 saturated carbocycles. The Labute approximate surface area is 107 Å². The summed E-state index contributed by atoms with van der Waals surface area (Å²) in [6, 6.07) is 3.39. The number of rotatable bonds is 6. The number of carbonyl (C=O) groups is 1. The molecule has 0 fully saturated rings. The van der Waals surface area contributed by atoms with Crippen molar-refractivity contribution in [3.63, 3.8) is 0 Å². The first kappa shape index (κ1) is 14.4. The minimum atomic E-state index is -0.467. The molecule has 5 nitrogen and oxygen atoms in total. The van der Waals surface area contributed by atoms with Crippen LogP contribution in [0.2, 0.25) is 0 Å². The summed E-state index contributed by atoms with van der Waals surface area (Å²) in [4.78, 5) is 15.5. The number of aromatic nitrogens is 1. The van der Waals surface area contributed by atoms with E-state index in [1.807, 2.05) is 20.8 Å². The molecule has 1 aromatic rings. The number of hydrogen-bond donors (Lipinski definition) is 2. The maximum Gasteiger partial charge on any atom is 0.228 e. The fraction of sp³-hybridized carbons (Fsp3) is 0.538. The molecule has 1 atom stereocenters. The standard InChI is InChI=1S/C13H20N2O3/c1-4-10(16)8-18-11-5-6-12(14-7-11)15-13(17)9(2)3/h5-7,9-10,16H,4,8H2,1-3H3,(H,14,15,17)/t10-/m1/s1. The summed E-state index contributed by atoms with van der Waals surface area (Å²) in [5, 5.41) is 12.0. The van der Waals surface area contributed by atoms with E-state index < -0.39 is 6.10 Å². The first-order valence-electron chi connectivity index (χ1n) is 6.10. The van der Waals surface area contributed by atoms with Gasteiger partial charge in [0.2, 0.25) is 5.91 Å². The van der Waals surface area contributed by atoms with E-state index in [1.54, 1.807) is 12.1 Å². The Morgan fingerprint density at radius 2 is 2.22 bits per heavy atom. The molecule has 0 aliphatic rings. The lowest BCUT2D eigenvalue weighted by molar-refractivity contribution is -0.118. The van der Waals surface area contributed by atoms with Gasteiger partial charge >= 0.3 is 0 Å². The highest BCUT2D eigenvalue weighted by Gasteiger charge is 2.08. The Kier molecular flexibility index (Phi) is 5.58. The van der Waals surface area contributed by atoms with Gasteiger partial charge in [-0.2, -0.15) is 0 Å². The maximum atomic E-state index is 11.4. The summed E-state index contributed by atoms with van der Waals surface area (Å²) in [5.74, 6) is 0.919. The minimum absolute atomic E-state index is 0.0717. The van der Waals surface area contributed by atoms with Crippen molar-refractivity contribution < 1.29 is 14.6 Å². The number of aliphatic hydroxyl groups excluding tert-OH is 1. The number of aliphatic hydroxyl groups is 1. The summed E-state index contributed by atoms with van der Waals surface area (Å²) >= 11 is 0. The molecule has 0 spiro atoms. The molecule has 1 heterocycles. The Bertz CT molecular complexity index is 376. The van der Waals surface area contributed by atoms with Crippen LogP contribution in [0, 0.1) is 5.92 Å². The summed E-state index contributed by atoms with van der Waals surface area (Å²) in [6.07, 6.45) is 1.71. The third-order valence-corrected chi connectivity index (χ3v) is 2.43. The first-order valence-corrected chi connectivity index (χ1v) is 6.10. The molecule has 5 heteroatoms. The first-order chi connectivity index (χ1) is 8.52. The van der Waals surface area contributed by atoms with Crippen LogP contribution in [-0.4, -0.2) is 28.7 Å². The van der Waals surface area contributed by atoms with E-state index in [4.69, 9.17) is 4.74 Å². The van der Waals surface area contributed by atoms with Crippen LogP contribution in [0.4, 0.5) is 5.82 Å². The summed E-state index contributed by atoms with van der Waals surface area (Å²) < 4.78 is 5.34. The van der Waals surface area contributed by atoms with E-state index >= 15 is 0 Å². The number of nitrogens with zero attached hydrogens (tertiary/aromatic N) is 1. The third kappa shape index (κ3) is 4.71. The van der Waals surface area contributed by atoms with Crippen LogP contribution in [0.25, 0.3) is 0 Å². The second kappa shape index (κ2) is 6.96. The van der Waals surface area contributed by atoms with Gasteiger partial charge in [0, 0.05) is 5.92 Å². The fourth-order valence-corrected chi connectivity index (χ4v) is 1.12. The molecule has 0 unspecified atom stereocenters. The van der Waals surface area contributed by atoms with E-state index in [2.05, 4.69) is 10.3 Å². The van der Waals surface area contributed by atoms with Gasteiger partial charge in [-0.3, -0.25) is 4.79 Å². The van der Waals surface area contributed by atoms with Crippen molar-refractivity contribution in [3.8, 4) is 5.75 Å². The molecule has 18 heavy (non-hydrogen) atoms. The van der Waals surface area contributed by atoms with Crippen molar-refractivity contribution in [1.82, 2.24) is 4.98 Å². The molecule has 0 aliphatic heterocycles. The van der Waals surface area contributed by atoms with E-state index in [-0.39, 0.29) is 18.4 Å². The number of pyridine rings is 1. The van der Waals surface area contributed by atoms with Crippen LogP contribution < -0.4 is 10.1 Å². The van der Waals surface area contributed by atoms with Crippen LogP contribution in [-0.2, 0) is 4.79 Å². The van der Waals surface area contributed by atoms with Crippen molar-refractivity contribution in [2.24, 2.45) is 5.92 Å². The summed E-state index contributed by atoms with van der Waals surface area (Å²) in [6.45, 7) is 5.77. The quantitative estimate of drug-likeness (QED) is 0.810. The van der Waals surface area contributed by atoms with Crippen LogP contribution >= 0.6 is 0 Å². The molecule has 1 rings (SSSR count). The van der Waals surface area contributed by atoms with Gasteiger partial charge < -0.3 is 15.2 Å². The molecular formula is C13H20N2O3. The van der Waals surface area contributed by atoms with Crippen molar-refractivity contribution in [1.29, 1.82) is 0 Å². The van der Waals surface area contributed by atoms with Crippen LogP contribution in [0.15, 0.2) is 18.3 Å². The summed E-state index contributed by atoms with van der Waals surface area (Å²) in [5.41, 5.74) is 0. The molecular weight excluding hydrogens is 232 g/mol. The zero-order valence-electron chi connectivity index (χ0n) is 11.0. The lowest BCUT2D eigenvalue weighted by Crippen LogP contribution is -2.18. The predicted molar refractivity (Wildman–Crippen MR) is 69.5 cm³/mol. The monoisotopic (exact) mass is 252 g/mol. The Morgan fingerprint density at radius 3 is 2.72 bits per heavy atom. The third-order valence-electron chi connectivity index (χ3n) is 2.43. The van der Waals surface area contributed by atoms with Crippen LogP contribution in [0.3, 0.4) is 0 Å². The molecule has 0 saturated heterocycles. The van der Waals surface area contributed by atoms with Crippen LogP contribution in [0.5, 0.6) is 5.75 Å². The average molecular weight is 252 g/mol. The van der Waals surface area contributed by atoms with Gasteiger partial charge in [0.15, 0.2) is 0 Å². The van der Waals surface area contributed by atoms with Crippen molar-refractivity contribution in [3.05, 3.63) is 18.3 Å². The van der Waals surface area contributed by atoms with Gasteiger partial charge in [-0.25, -0.2) is 4.98 Å². The Hall–Kier alpha value is -1.62. The van der Waals surface area contributed by atoms with Gasteiger partial charge in [-0.1, -0.05) is 20.8 Å². The average Bonchev–Trinajstić information content (AvgIpc) is 2.37. The van der Waals surface area contributed by atoms with Gasteiger partial charge in [0.05, 0.1) is 12.3 Å². The van der Waals surface area contributed by atoms with E-state index in [0.29, 0.717) is 18.0 Å². The molecule has 2 N–H and O–H groups in total. The largest absolute Gasteiger partial charge is 0.489 e. The lowest BCUT2D eigenvalue weighted by Gasteiger charge is -2.11. The minimum Gasteiger partial charge on any atom is -0.489 e. The van der Waals surface area contributed by atoms with Crippen molar-refractivity contribution >= 4 is 11.7 Å². The van der Waals surface area contributed by atoms with E-state index in [1.165, 1.54) is 6.20 Å². The highest BCUT2D eigenvalue weighted by Crippen LogP contribution is 2.13. The molecule has 0 aliphatic carbocycles. The molecule has 1 amide bonds. The number of anilines is 1. The van der Waals surface area contributed by atoms with Gasteiger partial charge in [-0.05, 0) is 18.6 Å². The second-order valence-corrected chi connectivity index (χ2v) is 4.40. The lowest BCUT2D eigenvalue weighted by atomic mass is 10.2. The number of amides is 1. The molecule has 0 aromatic carbocycles. The highest BCUT2D eigenvalue weighted by molar-refractivity contribution is 5.91. The van der Waals surface area contributed by atoms with Crippen molar-refractivity contribution in [2.45, 2.75) is 33.3 Å². The zero-order valence-corrected chi connectivity index (χ0v) is 11.0. The predicted octanol–water partition coefficient (Wildman–Crippen LogP) is 1.83. The van der Waals surface area contributed by atoms with Crippen molar-refractivity contribution in [2.75, 3.05) is 11.9 Å². The van der Waals surface area contributed by atoms with E-state index in [0.717, 1.165) is 0 Å². The zero-order chi connectivity index (χ0) is 13.5. The van der Waals surface area contributed by atoms with Gasteiger partial charge in [0.25, 0.3) is 0 Å². The van der Waals surface area contributed by atoms with Gasteiger partial charge in [-0.15, -0.1) is 0 Å². The SMILES string of the molecule is CC[C@@H](O)COc1ccc(NC(=O)C(C)C)nc1. The second-order valence-electron chi connectivity index (χ2n) is 4.40.